The summed E-state index contributed by atoms with van der Waals surface area (Å²) in [5, 5.41) is 11.9. The lowest BCUT2D eigenvalue weighted by atomic mass is 10.1. The fourth-order valence-electron chi connectivity index (χ4n) is 2.83. The molecule has 7 heteroatoms. The normalized spacial score (nSPS) is 11.1. The van der Waals surface area contributed by atoms with Crippen LogP contribution in [0, 0.1) is 13.8 Å². The Labute approximate surface area is 146 Å². The Bertz CT molecular complexity index is 1000. The molecule has 2 N–H and O–H groups in total. The maximum Gasteiger partial charge on any atom is 0.303 e. The average molecular weight is 390 g/mol. The number of aromatic amines is 1. The van der Waals surface area contributed by atoms with E-state index in [-0.39, 0.29) is 18.4 Å². The molecule has 0 saturated carbocycles. The molecular formula is C17H16BrN3O3. The average Bonchev–Trinajstić information content (AvgIpc) is 2.83. The van der Waals surface area contributed by atoms with Crippen molar-refractivity contribution in [3.05, 3.63) is 56.0 Å². The minimum Gasteiger partial charge on any atom is -0.481 e. The van der Waals surface area contributed by atoms with Gasteiger partial charge in [-0.3, -0.25) is 14.7 Å². The number of nitrogens with zero attached hydrogens (tertiary/aromatic N) is 2. The largest absolute Gasteiger partial charge is 0.481 e. The molecule has 0 atom stereocenters. The van der Waals surface area contributed by atoms with Crippen LogP contribution in [0.3, 0.4) is 0 Å². The van der Waals surface area contributed by atoms with E-state index in [1.165, 1.54) is 4.52 Å². The van der Waals surface area contributed by atoms with E-state index in [9.17, 15) is 9.59 Å². The van der Waals surface area contributed by atoms with Crippen LogP contribution >= 0.6 is 15.9 Å². The molecule has 0 amide bonds. The molecular weight excluding hydrogens is 374 g/mol. The Hall–Kier alpha value is -2.41. The number of fused-ring (bicyclic) bond motifs is 1. The highest BCUT2D eigenvalue weighted by Crippen LogP contribution is 2.28. The first-order chi connectivity index (χ1) is 11.4. The van der Waals surface area contributed by atoms with Crippen molar-refractivity contribution in [2.24, 2.45) is 0 Å². The molecule has 24 heavy (non-hydrogen) atoms. The molecule has 0 saturated heterocycles. The fourth-order valence-corrected chi connectivity index (χ4v) is 3.23. The van der Waals surface area contributed by atoms with Gasteiger partial charge in [0.15, 0.2) is 5.65 Å². The van der Waals surface area contributed by atoms with Crippen LogP contribution in [-0.2, 0) is 11.2 Å². The van der Waals surface area contributed by atoms with Crippen molar-refractivity contribution >= 4 is 27.5 Å². The molecule has 124 valence electrons. The van der Waals surface area contributed by atoms with Gasteiger partial charge in [-0.2, -0.15) is 0 Å². The van der Waals surface area contributed by atoms with Gasteiger partial charge in [-0.05, 0) is 38.0 Å². The van der Waals surface area contributed by atoms with Crippen LogP contribution in [-0.4, -0.2) is 25.7 Å². The number of aliphatic carboxylic acids is 1. The van der Waals surface area contributed by atoms with E-state index in [0.717, 1.165) is 21.3 Å². The van der Waals surface area contributed by atoms with Gasteiger partial charge in [0.2, 0.25) is 0 Å². The van der Waals surface area contributed by atoms with Crippen molar-refractivity contribution in [3.8, 4) is 11.1 Å². The Morgan fingerprint density at radius 2 is 2.12 bits per heavy atom. The number of nitrogens with one attached hydrogen (secondary N) is 1. The number of rotatable bonds is 4. The SMILES string of the molecule is Cc1nc2c(-c3cccc(Br)c3)c(C)[nH]n2c(=O)c1CCC(=O)O. The Kier molecular flexibility index (Phi) is 4.28. The number of H-pyrrole nitrogens is 1. The van der Waals surface area contributed by atoms with Crippen molar-refractivity contribution in [1.29, 1.82) is 0 Å². The van der Waals surface area contributed by atoms with Gasteiger partial charge >= 0.3 is 5.97 Å². The predicted octanol–water partition coefficient (Wildman–Crippen LogP) is 3.09. The third-order valence-corrected chi connectivity index (χ3v) is 4.46. The molecule has 6 nitrogen and oxygen atoms in total. The van der Waals surface area contributed by atoms with Crippen LogP contribution in [0.1, 0.15) is 23.4 Å². The minimum absolute atomic E-state index is 0.0952. The first kappa shape index (κ1) is 16.4. The van der Waals surface area contributed by atoms with Crippen LogP contribution in [0.25, 0.3) is 16.8 Å². The zero-order valence-corrected chi connectivity index (χ0v) is 14.8. The number of carbonyl (C=O) groups is 1. The summed E-state index contributed by atoms with van der Waals surface area (Å²) in [6.07, 6.45) is 0.0717. The Morgan fingerprint density at radius 3 is 2.79 bits per heavy atom. The van der Waals surface area contributed by atoms with Crippen molar-refractivity contribution in [1.82, 2.24) is 14.6 Å². The maximum absolute atomic E-state index is 12.7. The lowest BCUT2D eigenvalue weighted by molar-refractivity contribution is -0.136. The van der Waals surface area contributed by atoms with Gasteiger partial charge in [-0.25, -0.2) is 9.50 Å². The molecule has 0 spiro atoms. The zero-order valence-electron chi connectivity index (χ0n) is 13.3. The van der Waals surface area contributed by atoms with Gasteiger partial charge in [-0.15, -0.1) is 0 Å². The number of hydrogen-bond donors (Lipinski definition) is 2. The van der Waals surface area contributed by atoms with E-state index in [4.69, 9.17) is 5.11 Å². The quantitative estimate of drug-likeness (QED) is 0.717. The molecule has 0 aliphatic carbocycles. The molecule has 0 bridgehead atoms. The van der Waals surface area contributed by atoms with Gasteiger partial charge in [0, 0.05) is 33.4 Å². The third kappa shape index (κ3) is 2.87. The topological polar surface area (TPSA) is 87.5 Å². The number of benzene rings is 1. The number of aryl methyl sites for hydroxylation is 2. The molecule has 1 aromatic carbocycles. The van der Waals surface area contributed by atoms with Crippen molar-refractivity contribution < 1.29 is 9.90 Å². The van der Waals surface area contributed by atoms with Crippen LogP contribution < -0.4 is 5.56 Å². The second-order valence-corrected chi connectivity index (χ2v) is 6.57. The summed E-state index contributed by atoms with van der Waals surface area (Å²) in [7, 11) is 0. The van der Waals surface area contributed by atoms with Gasteiger partial charge in [-0.1, -0.05) is 28.1 Å². The highest BCUT2D eigenvalue weighted by molar-refractivity contribution is 9.10. The molecule has 2 aromatic heterocycles. The van der Waals surface area contributed by atoms with E-state index in [1.54, 1.807) is 6.92 Å². The second-order valence-electron chi connectivity index (χ2n) is 5.66. The molecule has 0 fully saturated rings. The highest BCUT2D eigenvalue weighted by Gasteiger charge is 2.18. The summed E-state index contributed by atoms with van der Waals surface area (Å²) in [5.74, 6) is -0.934. The van der Waals surface area contributed by atoms with E-state index in [2.05, 4.69) is 26.0 Å². The maximum atomic E-state index is 12.7. The molecule has 0 aliphatic heterocycles. The summed E-state index contributed by atoms with van der Waals surface area (Å²) in [4.78, 5) is 28.1. The van der Waals surface area contributed by atoms with Crippen LogP contribution in [0.4, 0.5) is 0 Å². The summed E-state index contributed by atoms with van der Waals surface area (Å²) in [5.41, 5.74) is 3.93. The van der Waals surface area contributed by atoms with Crippen molar-refractivity contribution in [2.75, 3.05) is 0 Å². The monoisotopic (exact) mass is 389 g/mol. The fraction of sp³-hybridized carbons (Fsp3) is 0.235. The van der Waals surface area contributed by atoms with E-state index < -0.39 is 5.97 Å². The number of carboxylic acids is 1. The van der Waals surface area contributed by atoms with Crippen molar-refractivity contribution in [2.45, 2.75) is 26.7 Å². The third-order valence-electron chi connectivity index (χ3n) is 3.96. The summed E-state index contributed by atoms with van der Waals surface area (Å²) >= 11 is 3.46. The molecule has 3 rings (SSSR count). The number of carboxylic acid groups (broad SMARTS) is 1. The lowest BCUT2D eigenvalue weighted by Crippen LogP contribution is -2.22. The molecule has 0 aliphatic rings. The summed E-state index contributed by atoms with van der Waals surface area (Å²) in [6.45, 7) is 3.63. The summed E-state index contributed by atoms with van der Waals surface area (Å²) in [6, 6.07) is 7.79. The van der Waals surface area contributed by atoms with Gasteiger partial charge in [0.1, 0.15) is 0 Å². The summed E-state index contributed by atoms with van der Waals surface area (Å²) < 4.78 is 2.34. The second kappa shape index (κ2) is 6.24. The minimum atomic E-state index is -0.934. The van der Waals surface area contributed by atoms with Crippen LogP contribution in [0.5, 0.6) is 0 Å². The molecule has 3 aromatic rings. The zero-order chi connectivity index (χ0) is 17.4. The number of halogens is 1. The van der Waals surface area contributed by atoms with E-state index in [1.807, 2.05) is 31.2 Å². The van der Waals surface area contributed by atoms with Gasteiger partial charge in [0.05, 0.1) is 0 Å². The highest BCUT2D eigenvalue weighted by atomic mass is 79.9. The molecule has 0 radical (unpaired) electrons. The first-order valence-corrected chi connectivity index (χ1v) is 8.26. The van der Waals surface area contributed by atoms with Crippen LogP contribution in [0.15, 0.2) is 33.5 Å². The first-order valence-electron chi connectivity index (χ1n) is 7.47. The Morgan fingerprint density at radius 1 is 1.38 bits per heavy atom. The smallest absolute Gasteiger partial charge is 0.303 e. The number of aromatic nitrogens is 3. The van der Waals surface area contributed by atoms with Crippen LogP contribution in [0.2, 0.25) is 0 Å². The standard InChI is InChI=1S/C17H16BrN3O3/c1-9-13(6-7-14(22)23)17(24)21-16(19-9)15(10(2)20-21)11-4-3-5-12(18)8-11/h3-5,8,20H,6-7H2,1-2H3,(H,22,23). The number of hydrogen-bond acceptors (Lipinski definition) is 3. The molecule has 2 heterocycles. The Balaban J connectivity index is 2.23. The lowest BCUT2D eigenvalue weighted by Gasteiger charge is -2.05. The predicted molar refractivity (Wildman–Crippen MR) is 94.4 cm³/mol. The van der Waals surface area contributed by atoms with Gasteiger partial charge < -0.3 is 5.11 Å². The van der Waals surface area contributed by atoms with E-state index in [0.29, 0.717) is 16.9 Å². The van der Waals surface area contributed by atoms with E-state index >= 15 is 0 Å². The van der Waals surface area contributed by atoms with Gasteiger partial charge in [0.25, 0.3) is 5.56 Å². The molecule has 0 unspecified atom stereocenters. The van der Waals surface area contributed by atoms with Crippen molar-refractivity contribution in [3.63, 3.8) is 0 Å².